The molecular formula is C39H28BNO. The summed E-state index contributed by atoms with van der Waals surface area (Å²) in [6, 6.07) is 42.7. The van der Waals surface area contributed by atoms with E-state index in [1.807, 2.05) is 12.1 Å². The first-order chi connectivity index (χ1) is 20.5. The van der Waals surface area contributed by atoms with Crippen molar-refractivity contribution in [3.63, 3.8) is 0 Å². The minimum atomic E-state index is 0.219. The van der Waals surface area contributed by atoms with Crippen molar-refractivity contribution in [2.24, 2.45) is 0 Å². The van der Waals surface area contributed by atoms with E-state index in [1.54, 1.807) is 0 Å². The molecule has 7 aromatic rings. The Balaban J connectivity index is 1.37. The summed E-state index contributed by atoms with van der Waals surface area (Å²) in [5.41, 5.74) is 18.7. The number of hydrogen-bond acceptors (Lipinski definition) is 2. The standard InChI is InChI=1S/C39H28BNO/c1-23-7-6-8-28(17-23)41-35-19-25(3)12-15-34(35)40-33-14-11-24(2)18-30(33)32-21-27(22-36(41)39(32)40)26-13-16-38-31(20-26)29-9-4-5-10-37(29)42-38/h4-22H,1-3H3. The van der Waals surface area contributed by atoms with Gasteiger partial charge in [-0.3, -0.25) is 0 Å². The predicted molar refractivity (Wildman–Crippen MR) is 178 cm³/mol. The van der Waals surface area contributed by atoms with E-state index in [0.29, 0.717) is 0 Å². The van der Waals surface area contributed by atoms with Crippen LogP contribution in [-0.2, 0) is 0 Å². The van der Waals surface area contributed by atoms with Crippen LogP contribution < -0.4 is 21.3 Å². The van der Waals surface area contributed by atoms with Crippen LogP contribution in [0.25, 0.3) is 44.2 Å². The van der Waals surface area contributed by atoms with Gasteiger partial charge in [0.1, 0.15) is 11.2 Å². The van der Waals surface area contributed by atoms with Gasteiger partial charge in [-0.2, -0.15) is 0 Å². The molecule has 0 unspecified atom stereocenters. The fourth-order valence-electron chi connectivity index (χ4n) is 7.32. The lowest BCUT2D eigenvalue weighted by Crippen LogP contribution is -2.54. The molecule has 1 aromatic heterocycles. The van der Waals surface area contributed by atoms with E-state index >= 15 is 0 Å². The molecule has 6 aromatic carbocycles. The smallest absolute Gasteiger partial charge is 0.248 e. The summed E-state index contributed by atoms with van der Waals surface area (Å²) >= 11 is 0. The Kier molecular flexibility index (Phi) is 4.79. The van der Waals surface area contributed by atoms with Gasteiger partial charge >= 0.3 is 0 Å². The molecule has 198 valence electrons. The van der Waals surface area contributed by atoms with Gasteiger partial charge in [0, 0.05) is 27.8 Å². The summed E-state index contributed by atoms with van der Waals surface area (Å²) in [6.07, 6.45) is 0. The van der Waals surface area contributed by atoms with Crippen LogP contribution in [0.2, 0.25) is 0 Å². The maximum Gasteiger partial charge on any atom is 0.248 e. The lowest BCUT2D eigenvalue weighted by atomic mass is 9.37. The molecule has 3 heterocycles. The molecule has 0 amide bonds. The van der Waals surface area contributed by atoms with Crippen molar-refractivity contribution < 1.29 is 4.42 Å². The Morgan fingerprint density at radius 2 is 1.31 bits per heavy atom. The molecule has 0 N–H and O–H groups in total. The van der Waals surface area contributed by atoms with Gasteiger partial charge in [0.2, 0.25) is 6.71 Å². The summed E-state index contributed by atoms with van der Waals surface area (Å²) in [5.74, 6) is 0. The van der Waals surface area contributed by atoms with Gasteiger partial charge in [0.05, 0.1) is 0 Å². The molecular weight excluding hydrogens is 509 g/mol. The molecule has 42 heavy (non-hydrogen) atoms. The van der Waals surface area contributed by atoms with Crippen molar-refractivity contribution >= 4 is 62.1 Å². The van der Waals surface area contributed by atoms with Gasteiger partial charge in [-0.1, -0.05) is 77.8 Å². The Labute approximate surface area is 245 Å². The van der Waals surface area contributed by atoms with Crippen LogP contribution >= 0.6 is 0 Å². The van der Waals surface area contributed by atoms with E-state index in [2.05, 4.69) is 129 Å². The van der Waals surface area contributed by atoms with E-state index < -0.39 is 0 Å². The normalized spacial score (nSPS) is 13.0. The minimum absolute atomic E-state index is 0.219. The first-order valence-corrected chi connectivity index (χ1v) is 14.7. The highest BCUT2D eigenvalue weighted by molar-refractivity contribution is 7.01. The Bertz CT molecular complexity index is 2260. The first kappa shape index (κ1) is 23.7. The number of aryl methyl sites for hydroxylation is 3. The summed E-state index contributed by atoms with van der Waals surface area (Å²) < 4.78 is 6.17. The fourth-order valence-corrected chi connectivity index (χ4v) is 7.32. The molecule has 3 heteroatoms. The molecule has 0 bridgehead atoms. The van der Waals surface area contributed by atoms with Crippen LogP contribution in [0.5, 0.6) is 0 Å². The van der Waals surface area contributed by atoms with Crippen LogP contribution in [0.4, 0.5) is 17.1 Å². The second kappa shape index (κ2) is 8.50. The van der Waals surface area contributed by atoms with Crippen molar-refractivity contribution in [2.75, 3.05) is 4.90 Å². The zero-order valence-electron chi connectivity index (χ0n) is 23.9. The molecule has 0 radical (unpaired) electrons. The number of para-hydroxylation sites is 1. The maximum atomic E-state index is 6.17. The van der Waals surface area contributed by atoms with Gasteiger partial charge in [0.15, 0.2) is 0 Å². The number of benzene rings is 6. The molecule has 0 saturated heterocycles. The second-order valence-corrected chi connectivity index (χ2v) is 12.0. The molecule has 0 aliphatic carbocycles. The third-order valence-corrected chi connectivity index (χ3v) is 9.21. The second-order valence-electron chi connectivity index (χ2n) is 12.0. The number of furan rings is 1. The number of rotatable bonds is 2. The highest BCUT2D eigenvalue weighted by Crippen LogP contribution is 2.44. The van der Waals surface area contributed by atoms with Crippen molar-refractivity contribution in [1.82, 2.24) is 0 Å². The molecule has 2 aliphatic heterocycles. The largest absolute Gasteiger partial charge is 0.456 e. The lowest BCUT2D eigenvalue weighted by molar-refractivity contribution is 0.669. The van der Waals surface area contributed by atoms with Crippen molar-refractivity contribution in [3.8, 4) is 22.3 Å². The van der Waals surface area contributed by atoms with Gasteiger partial charge in [-0.15, -0.1) is 0 Å². The van der Waals surface area contributed by atoms with E-state index in [0.717, 1.165) is 21.9 Å². The molecule has 9 rings (SSSR count). The molecule has 0 spiro atoms. The van der Waals surface area contributed by atoms with E-state index in [4.69, 9.17) is 4.42 Å². The Morgan fingerprint density at radius 1 is 0.524 bits per heavy atom. The number of nitrogens with zero attached hydrogens (tertiary/aromatic N) is 1. The van der Waals surface area contributed by atoms with E-state index in [9.17, 15) is 0 Å². The van der Waals surface area contributed by atoms with Crippen LogP contribution in [0.1, 0.15) is 16.7 Å². The zero-order valence-corrected chi connectivity index (χ0v) is 23.9. The quantitative estimate of drug-likeness (QED) is 0.206. The Hall–Kier alpha value is -5.02. The van der Waals surface area contributed by atoms with Gasteiger partial charge in [0.25, 0.3) is 0 Å². The molecule has 2 aliphatic rings. The highest BCUT2D eigenvalue weighted by Gasteiger charge is 2.42. The lowest BCUT2D eigenvalue weighted by Gasteiger charge is -2.36. The third-order valence-electron chi connectivity index (χ3n) is 9.21. The zero-order chi connectivity index (χ0) is 28.1. The first-order valence-electron chi connectivity index (χ1n) is 14.7. The molecule has 0 fully saturated rings. The van der Waals surface area contributed by atoms with Crippen LogP contribution in [0.3, 0.4) is 0 Å². The Morgan fingerprint density at radius 3 is 2.19 bits per heavy atom. The van der Waals surface area contributed by atoms with E-state index in [-0.39, 0.29) is 6.71 Å². The fraction of sp³-hybridized carbons (Fsp3) is 0.0769. The average molecular weight is 537 g/mol. The maximum absolute atomic E-state index is 6.17. The summed E-state index contributed by atoms with van der Waals surface area (Å²) in [5, 5.41) is 2.31. The van der Waals surface area contributed by atoms with E-state index in [1.165, 1.54) is 72.4 Å². The SMILES string of the molecule is Cc1cccc(N2c3cc(C)ccc3B3c4ccc(C)cc4-c4cc(-c5ccc6oc7ccccc7c6c5)cc2c43)c1. The van der Waals surface area contributed by atoms with Gasteiger partial charge < -0.3 is 9.32 Å². The van der Waals surface area contributed by atoms with Crippen molar-refractivity contribution in [3.05, 3.63) is 132 Å². The number of fused-ring (bicyclic) bond motifs is 8. The van der Waals surface area contributed by atoms with Crippen molar-refractivity contribution in [2.45, 2.75) is 20.8 Å². The van der Waals surface area contributed by atoms with Crippen LogP contribution in [0, 0.1) is 20.8 Å². The highest BCUT2D eigenvalue weighted by atomic mass is 16.3. The topological polar surface area (TPSA) is 16.4 Å². The summed E-state index contributed by atoms with van der Waals surface area (Å²) in [6.45, 7) is 6.79. The minimum Gasteiger partial charge on any atom is -0.456 e. The van der Waals surface area contributed by atoms with Gasteiger partial charge in [-0.25, -0.2) is 0 Å². The molecule has 0 saturated carbocycles. The molecule has 2 nitrogen and oxygen atoms in total. The summed E-state index contributed by atoms with van der Waals surface area (Å²) in [7, 11) is 0. The van der Waals surface area contributed by atoms with Gasteiger partial charge in [-0.05, 0) is 114 Å². The molecule has 0 atom stereocenters. The van der Waals surface area contributed by atoms with Crippen LogP contribution in [-0.4, -0.2) is 6.71 Å². The number of anilines is 3. The monoisotopic (exact) mass is 537 g/mol. The third kappa shape index (κ3) is 3.28. The van der Waals surface area contributed by atoms with Crippen LogP contribution in [0.15, 0.2) is 120 Å². The van der Waals surface area contributed by atoms with Crippen molar-refractivity contribution in [1.29, 1.82) is 0 Å². The number of hydrogen-bond donors (Lipinski definition) is 0. The summed E-state index contributed by atoms with van der Waals surface area (Å²) in [4.78, 5) is 2.50. The predicted octanol–water partition coefficient (Wildman–Crippen LogP) is 8.46. The average Bonchev–Trinajstić information content (AvgIpc) is 3.53.